The van der Waals surface area contributed by atoms with E-state index in [1.807, 2.05) is 0 Å². The average Bonchev–Trinajstić information content (AvgIpc) is 2.44. The van der Waals surface area contributed by atoms with Gasteiger partial charge < -0.3 is 10.6 Å². The summed E-state index contributed by atoms with van der Waals surface area (Å²) in [6.45, 7) is 2.17. The maximum Gasteiger partial charge on any atom is 0.313 e. The normalized spacial score (nSPS) is 21.7. The Bertz CT molecular complexity index is 542. The lowest BCUT2D eigenvalue weighted by Crippen LogP contribution is -2.43. The van der Waals surface area contributed by atoms with Gasteiger partial charge in [0.05, 0.1) is 5.69 Å². The lowest BCUT2D eigenvalue weighted by Gasteiger charge is -2.26. The zero-order valence-corrected chi connectivity index (χ0v) is 12.5. The van der Waals surface area contributed by atoms with Crippen LogP contribution < -0.4 is 10.6 Å². The Morgan fingerprint density at radius 3 is 2.48 bits per heavy atom. The van der Waals surface area contributed by atoms with E-state index in [-0.39, 0.29) is 16.8 Å². The number of rotatable bonds is 2. The van der Waals surface area contributed by atoms with E-state index in [1.54, 1.807) is 0 Å². The highest BCUT2D eigenvalue weighted by molar-refractivity contribution is 6.39. The van der Waals surface area contributed by atoms with Gasteiger partial charge in [-0.3, -0.25) is 9.59 Å². The van der Waals surface area contributed by atoms with Crippen molar-refractivity contribution in [2.24, 2.45) is 5.92 Å². The number of carbonyl (C=O) groups is 2. The van der Waals surface area contributed by atoms with Crippen LogP contribution in [0.4, 0.5) is 10.1 Å². The largest absolute Gasteiger partial charge is 0.345 e. The third-order valence-electron chi connectivity index (χ3n) is 3.74. The molecule has 0 spiro atoms. The van der Waals surface area contributed by atoms with Crippen molar-refractivity contribution in [2.45, 2.75) is 38.6 Å². The van der Waals surface area contributed by atoms with Crippen molar-refractivity contribution >= 4 is 29.1 Å². The van der Waals surface area contributed by atoms with Crippen molar-refractivity contribution in [3.05, 3.63) is 29.0 Å². The zero-order chi connectivity index (χ0) is 15.4. The summed E-state index contributed by atoms with van der Waals surface area (Å²) in [5, 5.41) is 5.17. The van der Waals surface area contributed by atoms with Crippen LogP contribution in [0.5, 0.6) is 0 Å². The number of nitrogens with one attached hydrogen (secondary N) is 2. The molecule has 0 aliphatic heterocycles. The van der Waals surface area contributed by atoms with Gasteiger partial charge in [-0.05, 0) is 49.8 Å². The second-order valence-corrected chi connectivity index (χ2v) is 5.94. The smallest absolute Gasteiger partial charge is 0.313 e. The molecule has 4 nitrogen and oxygen atoms in total. The summed E-state index contributed by atoms with van der Waals surface area (Å²) < 4.78 is 13.5. The Morgan fingerprint density at radius 2 is 1.86 bits per heavy atom. The van der Waals surface area contributed by atoms with E-state index >= 15 is 0 Å². The molecule has 0 saturated heterocycles. The second kappa shape index (κ2) is 6.89. The molecule has 0 unspecified atom stereocenters. The monoisotopic (exact) mass is 312 g/mol. The number of carbonyl (C=O) groups excluding carboxylic acids is 2. The predicted molar refractivity (Wildman–Crippen MR) is 79.6 cm³/mol. The van der Waals surface area contributed by atoms with E-state index in [1.165, 1.54) is 12.1 Å². The van der Waals surface area contributed by atoms with E-state index < -0.39 is 17.6 Å². The Balaban J connectivity index is 1.89. The molecular formula is C15H18ClFN2O2. The van der Waals surface area contributed by atoms with Crippen molar-refractivity contribution in [1.82, 2.24) is 5.32 Å². The topological polar surface area (TPSA) is 58.2 Å². The Labute approximate surface area is 128 Å². The van der Waals surface area contributed by atoms with E-state index in [4.69, 9.17) is 11.6 Å². The Morgan fingerprint density at radius 1 is 1.19 bits per heavy atom. The Kier molecular flexibility index (Phi) is 5.17. The maximum atomic E-state index is 13.5. The molecule has 1 aliphatic rings. The number of amides is 2. The minimum absolute atomic E-state index is 0.0227. The summed E-state index contributed by atoms with van der Waals surface area (Å²) in [6.07, 6.45) is 3.82. The van der Waals surface area contributed by atoms with Crippen LogP contribution in [-0.2, 0) is 9.59 Å². The fraction of sp³-hybridized carbons (Fsp3) is 0.467. The molecule has 0 bridgehead atoms. The van der Waals surface area contributed by atoms with Gasteiger partial charge in [-0.15, -0.1) is 0 Å². The standard InChI is InChI=1S/C15H18ClFN2O2/c1-9-2-5-11(6-3-9)18-14(20)15(21)19-13-7-4-10(16)8-12(13)17/h4,7-9,11H,2-3,5-6H2,1H3,(H,18,20)(H,19,21). The fourth-order valence-electron chi connectivity index (χ4n) is 2.43. The van der Waals surface area contributed by atoms with Crippen LogP contribution in [-0.4, -0.2) is 17.9 Å². The van der Waals surface area contributed by atoms with E-state index in [2.05, 4.69) is 17.6 Å². The fourth-order valence-corrected chi connectivity index (χ4v) is 2.58. The third-order valence-corrected chi connectivity index (χ3v) is 3.97. The molecule has 6 heteroatoms. The number of hydrogen-bond acceptors (Lipinski definition) is 2. The highest BCUT2D eigenvalue weighted by atomic mass is 35.5. The van der Waals surface area contributed by atoms with Gasteiger partial charge in [0.15, 0.2) is 0 Å². The van der Waals surface area contributed by atoms with Crippen LogP contribution in [0.3, 0.4) is 0 Å². The minimum Gasteiger partial charge on any atom is -0.345 e. The quantitative estimate of drug-likeness (QED) is 0.824. The highest BCUT2D eigenvalue weighted by Crippen LogP contribution is 2.23. The van der Waals surface area contributed by atoms with E-state index in [9.17, 15) is 14.0 Å². The van der Waals surface area contributed by atoms with Crippen molar-refractivity contribution < 1.29 is 14.0 Å². The van der Waals surface area contributed by atoms with Gasteiger partial charge in [0, 0.05) is 11.1 Å². The number of benzene rings is 1. The molecule has 2 N–H and O–H groups in total. The summed E-state index contributed by atoms with van der Waals surface area (Å²) in [4.78, 5) is 23.6. The van der Waals surface area contributed by atoms with Crippen LogP contribution in [0.15, 0.2) is 18.2 Å². The first kappa shape index (κ1) is 15.8. The predicted octanol–water partition coefficient (Wildman–Crippen LogP) is 3.11. The third kappa shape index (κ3) is 4.43. The molecule has 1 aromatic carbocycles. The van der Waals surface area contributed by atoms with Crippen LogP contribution in [0, 0.1) is 11.7 Å². The van der Waals surface area contributed by atoms with Gasteiger partial charge >= 0.3 is 11.8 Å². The molecule has 1 aromatic rings. The lowest BCUT2D eigenvalue weighted by molar-refractivity contribution is -0.136. The van der Waals surface area contributed by atoms with Gasteiger partial charge in [-0.25, -0.2) is 4.39 Å². The van der Waals surface area contributed by atoms with Crippen LogP contribution in [0.1, 0.15) is 32.6 Å². The van der Waals surface area contributed by atoms with Gasteiger partial charge in [-0.1, -0.05) is 18.5 Å². The highest BCUT2D eigenvalue weighted by Gasteiger charge is 2.23. The first-order chi connectivity index (χ1) is 9.95. The minimum atomic E-state index is -0.866. The molecule has 0 heterocycles. The number of hydrogen-bond donors (Lipinski definition) is 2. The van der Waals surface area contributed by atoms with Crippen LogP contribution in [0.25, 0.3) is 0 Å². The van der Waals surface area contributed by atoms with Crippen molar-refractivity contribution in [1.29, 1.82) is 0 Å². The summed E-state index contributed by atoms with van der Waals surface area (Å²) in [7, 11) is 0. The molecule has 0 aromatic heterocycles. The zero-order valence-electron chi connectivity index (χ0n) is 11.8. The number of halogens is 2. The Hall–Kier alpha value is -1.62. The van der Waals surface area contributed by atoms with E-state index in [0.29, 0.717) is 5.92 Å². The van der Waals surface area contributed by atoms with Crippen LogP contribution in [0.2, 0.25) is 5.02 Å². The maximum absolute atomic E-state index is 13.5. The summed E-state index contributed by atoms with van der Waals surface area (Å²) >= 11 is 5.62. The van der Waals surface area contributed by atoms with E-state index in [0.717, 1.165) is 31.7 Å². The van der Waals surface area contributed by atoms with Gasteiger partial charge in [0.25, 0.3) is 0 Å². The molecule has 0 atom stereocenters. The summed E-state index contributed by atoms with van der Waals surface area (Å²) in [5.41, 5.74) is -0.0585. The molecular weight excluding hydrogens is 295 g/mol. The molecule has 2 rings (SSSR count). The summed E-state index contributed by atoms with van der Waals surface area (Å²) in [5.74, 6) is -1.61. The van der Waals surface area contributed by atoms with Gasteiger partial charge in [0.1, 0.15) is 5.82 Å². The first-order valence-corrected chi connectivity index (χ1v) is 7.40. The molecule has 1 fully saturated rings. The van der Waals surface area contributed by atoms with Gasteiger partial charge in [0.2, 0.25) is 0 Å². The molecule has 0 radical (unpaired) electrons. The molecule has 114 valence electrons. The van der Waals surface area contributed by atoms with Crippen molar-refractivity contribution in [3.8, 4) is 0 Å². The average molecular weight is 313 g/mol. The van der Waals surface area contributed by atoms with Crippen LogP contribution >= 0.6 is 11.6 Å². The molecule has 2 amide bonds. The summed E-state index contributed by atoms with van der Waals surface area (Å²) in [6, 6.07) is 3.87. The molecule has 1 saturated carbocycles. The first-order valence-electron chi connectivity index (χ1n) is 7.02. The SMILES string of the molecule is CC1CCC(NC(=O)C(=O)Nc2ccc(Cl)cc2F)CC1. The van der Waals surface area contributed by atoms with Gasteiger partial charge in [-0.2, -0.15) is 0 Å². The lowest BCUT2D eigenvalue weighted by atomic mass is 9.87. The molecule has 1 aliphatic carbocycles. The number of anilines is 1. The van der Waals surface area contributed by atoms with Crippen molar-refractivity contribution in [3.63, 3.8) is 0 Å². The van der Waals surface area contributed by atoms with Crippen molar-refractivity contribution in [2.75, 3.05) is 5.32 Å². The second-order valence-electron chi connectivity index (χ2n) is 5.51. The molecule has 21 heavy (non-hydrogen) atoms.